The van der Waals surface area contributed by atoms with E-state index < -0.39 is 0 Å². The smallest absolute Gasteiger partial charge is 0.142 e. The molecule has 4 rings (SSSR count). The quantitative estimate of drug-likeness (QED) is 0.851. The van der Waals surface area contributed by atoms with Crippen molar-refractivity contribution in [2.24, 2.45) is 0 Å². The highest BCUT2D eigenvalue weighted by Crippen LogP contribution is 2.43. The first-order chi connectivity index (χ1) is 9.38. The number of rotatable bonds is 3. The van der Waals surface area contributed by atoms with Crippen LogP contribution in [0.4, 0.5) is 0 Å². The summed E-state index contributed by atoms with van der Waals surface area (Å²) in [7, 11) is 0. The van der Waals surface area contributed by atoms with Crippen LogP contribution in [0.3, 0.4) is 0 Å². The Kier molecular flexibility index (Phi) is 3.08. The maximum absolute atomic E-state index is 4.36. The second kappa shape index (κ2) is 4.91. The van der Waals surface area contributed by atoms with E-state index in [4.69, 9.17) is 0 Å². The lowest BCUT2D eigenvalue weighted by Crippen LogP contribution is -2.15. The molecule has 1 aromatic heterocycles. The molecule has 19 heavy (non-hydrogen) atoms. The summed E-state index contributed by atoms with van der Waals surface area (Å²) in [6.07, 6.45) is 6.29. The lowest BCUT2D eigenvalue weighted by molar-refractivity contribution is 0.701. The van der Waals surface area contributed by atoms with Gasteiger partial charge in [-0.05, 0) is 43.2 Å². The van der Waals surface area contributed by atoms with Gasteiger partial charge in [-0.3, -0.25) is 0 Å². The van der Waals surface area contributed by atoms with Crippen LogP contribution in [0.1, 0.15) is 41.3 Å². The van der Waals surface area contributed by atoms with E-state index in [2.05, 4.69) is 34.5 Å². The minimum absolute atomic E-state index is 0.676. The van der Waals surface area contributed by atoms with Crippen LogP contribution in [-0.4, -0.2) is 15.4 Å². The van der Waals surface area contributed by atoms with Gasteiger partial charge in [-0.15, -0.1) is 10.2 Å². The standard InChI is InChI=1S/C15H16N2S2/c1-2-4-12-9-13(8-7-10(12)3-1)18-15-17-16-14(19-15)11-5-6-11/h1-4,11,13H,5-9H2/t13-/m0/s1. The Bertz CT molecular complexity index is 589. The van der Waals surface area contributed by atoms with Crippen molar-refractivity contribution >= 4 is 23.1 Å². The molecule has 4 heteroatoms. The third-order valence-corrected chi connectivity index (χ3v) is 6.36. The van der Waals surface area contributed by atoms with Crippen molar-refractivity contribution in [1.29, 1.82) is 0 Å². The zero-order valence-electron chi connectivity index (χ0n) is 10.7. The topological polar surface area (TPSA) is 25.8 Å². The molecule has 2 aromatic rings. The third kappa shape index (κ3) is 2.56. The molecule has 2 aliphatic carbocycles. The minimum atomic E-state index is 0.676. The molecular weight excluding hydrogens is 272 g/mol. The van der Waals surface area contributed by atoms with Gasteiger partial charge in [0.15, 0.2) is 4.34 Å². The first kappa shape index (κ1) is 11.9. The van der Waals surface area contributed by atoms with E-state index in [0.29, 0.717) is 5.25 Å². The molecule has 1 fully saturated rings. The maximum Gasteiger partial charge on any atom is 0.174 e. The van der Waals surface area contributed by atoms with E-state index >= 15 is 0 Å². The molecule has 1 saturated carbocycles. The van der Waals surface area contributed by atoms with Crippen LogP contribution in [0.25, 0.3) is 0 Å². The van der Waals surface area contributed by atoms with Gasteiger partial charge in [0, 0.05) is 11.2 Å². The third-order valence-electron chi connectivity index (χ3n) is 3.92. The van der Waals surface area contributed by atoms with Crippen LogP contribution in [0.2, 0.25) is 0 Å². The highest BCUT2D eigenvalue weighted by Gasteiger charge is 2.28. The molecule has 0 bridgehead atoms. The van der Waals surface area contributed by atoms with Crippen molar-refractivity contribution < 1.29 is 0 Å². The normalized spacial score (nSPS) is 22.2. The highest BCUT2D eigenvalue weighted by molar-refractivity contribution is 8.01. The van der Waals surface area contributed by atoms with Crippen molar-refractivity contribution in [3.8, 4) is 0 Å². The number of hydrogen-bond donors (Lipinski definition) is 0. The van der Waals surface area contributed by atoms with Crippen molar-refractivity contribution in [1.82, 2.24) is 10.2 Å². The molecule has 0 unspecified atom stereocenters. The second-order valence-corrected chi connectivity index (χ2v) is 7.99. The van der Waals surface area contributed by atoms with Crippen molar-refractivity contribution in [3.63, 3.8) is 0 Å². The molecule has 2 nitrogen and oxygen atoms in total. The molecule has 98 valence electrons. The van der Waals surface area contributed by atoms with E-state index in [1.807, 2.05) is 23.1 Å². The molecule has 0 saturated heterocycles. The summed E-state index contributed by atoms with van der Waals surface area (Å²) in [5.41, 5.74) is 3.06. The van der Waals surface area contributed by atoms with Crippen LogP contribution >= 0.6 is 23.1 Å². The predicted octanol–water partition coefficient (Wildman–Crippen LogP) is 4.07. The molecule has 1 aromatic carbocycles. The van der Waals surface area contributed by atoms with Crippen LogP contribution in [-0.2, 0) is 12.8 Å². The summed E-state index contributed by atoms with van der Waals surface area (Å²) in [4.78, 5) is 0. The lowest BCUT2D eigenvalue weighted by atomic mass is 9.92. The summed E-state index contributed by atoms with van der Waals surface area (Å²) in [5, 5.41) is 10.6. The van der Waals surface area contributed by atoms with Crippen LogP contribution in [0.5, 0.6) is 0 Å². The average Bonchev–Trinajstić information content (AvgIpc) is 3.20. The monoisotopic (exact) mass is 288 g/mol. The van der Waals surface area contributed by atoms with E-state index in [1.165, 1.54) is 52.6 Å². The second-order valence-electron chi connectivity index (χ2n) is 5.43. The van der Waals surface area contributed by atoms with Gasteiger partial charge in [-0.1, -0.05) is 47.4 Å². The molecule has 0 N–H and O–H groups in total. The van der Waals surface area contributed by atoms with Gasteiger partial charge in [-0.2, -0.15) is 0 Å². The molecule has 2 aliphatic rings. The molecule has 0 radical (unpaired) electrons. The van der Waals surface area contributed by atoms with E-state index in [1.54, 1.807) is 0 Å². The summed E-state index contributed by atoms with van der Waals surface area (Å²) < 4.78 is 1.17. The average molecular weight is 288 g/mol. The largest absolute Gasteiger partial charge is 0.174 e. The number of hydrogen-bond acceptors (Lipinski definition) is 4. The van der Waals surface area contributed by atoms with Gasteiger partial charge >= 0.3 is 0 Å². The molecule has 0 amide bonds. The Morgan fingerprint density at radius 2 is 1.89 bits per heavy atom. The van der Waals surface area contributed by atoms with Crippen LogP contribution in [0, 0.1) is 0 Å². The predicted molar refractivity (Wildman–Crippen MR) is 80.0 cm³/mol. The number of aromatic nitrogens is 2. The number of nitrogens with zero attached hydrogens (tertiary/aromatic N) is 2. The minimum Gasteiger partial charge on any atom is -0.142 e. The molecule has 0 aliphatic heterocycles. The van der Waals surface area contributed by atoms with E-state index in [9.17, 15) is 0 Å². The zero-order valence-corrected chi connectivity index (χ0v) is 12.3. The van der Waals surface area contributed by atoms with Gasteiger partial charge in [0.2, 0.25) is 0 Å². The van der Waals surface area contributed by atoms with Gasteiger partial charge in [-0.25, -0.2) is 0 Å². The van der Waals surface area contributed by atoms with Gasteiger partial charge in [0.25, 0.3) is 0 Å². The number of fused-ring (bicyclic) bond motifs is 1. The molecular formula is C15H16N2S2. The fraction of sp³-hybridized carbons (Fsp3) is 0.467. The van der Waals surface area contributed by atoms with Crippen molar-refractivity contribution in [2.75, 3.05) is 0 Å². The number of benzene rings is 1. The van der Waals surface area contributed by atoms with E-state index in [-0.39, 0.29) is 0 Å². The zero-order chi connectivity index (χ0) is 12.7. The van der Waals surface area contributed by atoms with Crippen LogP contribution in [0.15, 0.2) is 28.6 Å². The first-order valence-electron chi connectivity index (χ1n) is 6.95. The van der Waals surface area contributed by atoms with Crippen LogP contribution < -0.4 is 0 Å². The Hall–Kier alpha value is -0.870. The summed E-state index contributed by atoms with van der Waals surface area (Å²) in [6.45, 7) is 0. The Morgan fingerprint density at radius 1 is 1.05 bits per heavy atom. The Balaban J connectivity index is 1.46. The van der Waals surface area contributed by atoms with Crippen molar-refractivity contribution in [3.05, 3.63) is 40.4 Å². The number of aryl methyl sites for hydroxylation is 1. The van der Waals surface area contributed by atoms with E-state index in [0.717, 1.165) is 5.92 Å². The van der Waals surface area contributed by atoms with Gasteiger partial charge in [0.1, 0.15) is 5.01 Å². The Morgan fingerprint density at radius 3 is 2.74 bits per heavy atom. The summed E-state index contributed by atoms with van der Waals surface area (Å²) in [5.74, 6) is 0.735. The highest BCUT2D eigenvalue weighted by atomic mass is 32.2. The summed E-state index contributed by atoms with van der Waals surface area (Å²) >= 11 is 3.76. The first-order valence-corrected chi connectivity index (χ1v) is 8.65. The molecule has 1 atom stereocenters. The fourth-order valence-electron chi connectivity index (χ4n) is 2.67. The van der Waals surface area contributed by atoms with Gasteiger partial charge in [0.05, 0.1) is 0 Å². The molecule has 1 heterocycles. The lowest BCUT2D eigenvalue weighted by Gasteiger charge is -2.22. The maximum atomic E-state index is 4.36. The Labute approximate surface area is 121 Å². The summed E-state index contributed by atoms with van der Waals surface area (Å²) in [6, 6.07) is 8.85. The SMILES string of the molecule is c1ccc2c(c1)CC[C@H](Sc1nnc(C3CC3)s1)C2. The van der Waals surface area contributed by atoms with Gasteiger partial charge < -0.3 is 0 Å². The number of thioether (sulfide) groups is 1. The fourth-order valence-corrected chi connectivity index (χ4v) is 5.14. The molecule has 0 spiro atoms. The van der Waals surface area contributed by atoms with Crippen molar-refractivity contribution in [2.45, 2.75) is 47.6 Å².